The molecule has 0 aromatic heterocycles. The van der Waals surface area contributed by atoms with Crippen molar-refractivity contribution in [1.82, 2.24) is 0 Å². The number of hydrogen-bond acceptors (Lipinski definition) is 8. The van der Waals surface area contributed by atoms with E-state index in [0.29, 0.717) is 19.3 Å². The monoisotopic (exact) mass is 640 g/mol. The smallest absolute Gasteiger partial charge is 0.460 e. The van der Waals surface area contributed by atoms with Gasteiger partial charge in [-0.2, -0.15) is 47.9 Å². The molecule has 0 amide bonds. The normalized spacial score (nSPS) is 34.9. The molecule has 5 aliphatic rings. The average molecular weight is 641 g/mol. The Kier molecular flexibility index (Phi) is 7.50. The minimum absolute atomic E-state index is 0.00382. The lowest BCUT2D eigenvalue weighted by molar-refractivity contribution is -0.348. The molecule has 5 rings (SSSR count). The minimum atomic E-state index is -6.68. The van der Waals surface area contributed by atoms with Gasteiger partial charge in [0.2, 0.25) is 0 Å². The third-order valence-electron chi connectivity index (χ3n) is 7.76. The maximum Gasteiger partial charge on any atom is 0.460 e. The lowest BCUT2D eigenvalue weighted by Gasteiger charge is -2.62. The van der Waals surface area contributed by atoms with Gasteiger partial charge in [-0.15, -0.1) is 23.5 Å². The molecule has 1 saturated heterocycles. The SMILES string of the molecule is O=C(OCC(F)(F)S(=O)(=O)O)C12CC3CC(C1)C1(SCC(COC(=O)C(F)(F)C(F)(F)C(F)(F)F)S1)C(C3)C2. The van der Waals surface area contributed by atoms with Crippen molar-refractivity contribution >= 4 is 45.6 Å². The van der Waals surface area contributed by atoms with E-state index in [-0.39, 0.29) is 36.3 Å². The topological polar surface area (TPSA) is 107 Å². The number of rotatable bonds is 8. The van der Waals surface area contributed by atoms with Gasteiger partial charge in [0.05, 0.1) is 9.49 Å². The van der Waals surface area contributed by atoms with Crippen molar-refractivity contribution in [3.05, 3.63) is 0 Å². The largest absolute Gasteiger partial charge is 0.460 e. The van der Waals surface area contributed by atoms with Crippen LogP contribution in [0.4, 0.5) is 39.5 Å². The van der Waals surface area contributed by atoms with Crippen molar-refractivity contribution in [2.24, 2.45) is 23.2 Å². The van der Waals surface area contributed by atoms with Crippen molar-refractivity contribution < 1.29 is 71.5 Å². The highest BCUT2D eigenvalue weighted by atomic mass is 32.2. The van der Waals surface area contributed by atoms with E-state index in [1.54, 1.807) is 0 Å². The molecule has 224 valence electrons. The van der Waals surface area contributed by atoms with Crippen LogP contribution in [0.3, 0.4) is 0 Å². The van der Waals surface area contributed by atoms with E-state index in [4.69, 9.17) is 4.55 Å². The molecule has 0 aromatic rings. The van der Waals surface area contributed by atoms with E-state index >= 15 is 0 Å². The summed E-state index contributed by atoms with van der Waals surface area (Å²) in [5.74, 6) is -17.1. The van der Waals surface area contributed by atoms with Crippen molar-refractivity contribution in [3.63, 3.8) is 0 Å². The molecule has 4 bridgehead atoms. The molecule has 4 saturated carbocycles. The van der Waals surface area contributed by atoms with Gasteiger partial charge < -0.3 is 9.47 Å². The molecule has 19 heteroatoms. The first-order valence-corrected chi connectivity index (χ1v) is 14.7. The molecule has 7 nitrogen and oxygen atoms in total. The molecule has 1 N–H and O–H groups in total. The zero-order valence-electron chi connectivity index (χ0n) is 19.5. The Morgan fingerprint density at radius 3 is 2.00 bits per heavy atom. The number of ether oxygens (including phenoxy) is 2. The van der Waals surface area contributed by atoms with Crippen LogP contribution in [0.5, 0.6) is 0 Å². The Bertz CT molecular complexity index is 1110. The molecular weight excluding hydrogens is 619 g/mol. The lowest BCUT2D eigenvalue weighted by atomic mass is 9.49. The Balaban J connectivity index is 1.40. The van der Waals surface area contributed by atoms with E-state index in [1.165, 1.54) is 23.5 Å². The van der Waals surface area contributed by atoms with E-state index in [2.05, 4.69) is 9.47 Å². The molecule has 3 unspecified atom stereocenters. The number of halogens is 9. The van der Waals surface area contributed by atoms with Gasteiger partial charge in [-0.1, -0.05) is 0 Å². The predicted molar refractivity (Wildman–Crippen MR) is 117 cm³/mol. The summed E-state index contributed by atoms with van der Waals surface area (Å²) < 4.78 is 156. The summed E-state index contributed by atoms with van der Waals surface area (Å²) in [6.07, 6.45) is -4.83. The molecule has 0 radical (unpaired) electrons. The molecule has 1 aliphatic heterocycles. The first kappa shape index (κ1) is 30.9. The fourth-order valence-corrected chi connectivity index (χ4v) is 10.5. The molecule has 1 heterocycles. The number of carbonyl (C=O) groups is 2. The van der Waals surface area contributed by atoms with Crippen LogP contribution >= 0.6 is 23.5 Å². The zero-order chi connectivity index (χ0) is 29.4. The molecule has 3 atom stereocenters. The first-order chi connectivity index (χ1) is 17.6. The second-order valence-corrected chi connectivity index (χ2v) is 15.0. The van der Waals surface area contributed by atoms with Gasteiger partial charge in [-0.05, 0) is 49.9 Å². The third-order valence-corrected chi connectivity index (χ3v) is 12.8. The van der Waals surface area contributed by atoms with E-state index < -0.39 is 73.3 Å². The van der Waals surface area contributed by atoms with E-state index in [9.17, 15) is 57.5 Å². The summed E-state index contributed by atoms with van der Waals surface area (Å²) in [6.45, 7) is -2.73. The van der Waals surface area contributed by atoms with Gasteiger partial charge in [-0.25, -0.2) is 4.79 Å². The Hall–Kier alpha value is -1.08. The van der Waals surface area contributed by atoms with Gasteiger partial charge in [0.25, 0.3) is 0 Å². The summed E-state index contributed by atoms with van der Waals surface area (Å²) in [5.41, 5.74) is -1.19. The second kappa shape index (κ2) is 9.47. The minimum Gasteiger partial charge on any atom is -0.460 e. The van der Waals surface area contributed by atoms with Gasteiger partial charge in [0.15, 0.2) is 6.61 Å². The fourth-order valence-electron chi connectivity index (χ4n) is 6.18. The molecule has 39 heavy (non-hydrogen) atoms. The number of carbonyl (C=O) groups excluding carboxylic acids is 2. The van der Waals surface area contributed by atoms with Crippen LogP contribution in [-0.4, -0.2) is 76.5 Å². The molecule has 0 aromatic carbocycles. The molecular formula is C20H21F9O7S3. The zero-order valence-corrected chi connectivity index (χ0v) is 21.9. The Morgan fingerprint density at radius 1 is 0.923 bits per heavy atom. The standard InChI is InChI=1S/C20H21F9O7S3/c21-16(22,39(32,33)34)8-36-13(30)15-3-9-1-10(4-15)17(11(2-9)5-15)37-7-12(38-17)6-35-14(31)18(23,24)19(25,26)20(27,28)29/h9-12H,1-8H2,(H,32,33,34). The third kappa shape index (κ3) is 5.00. The van der Waals surface area contributed by atoms with Crippen molar-refractivity contribution in [1.29, 1.82) is 0 Å². The molecule has 4 aliphatic carbocycles. The highest BCUT2D eigenvalue weighted by molar-refractivity contribution is 8.21. The number of esters is 2. The maximum absolute atomic E-state index is 13.6. The van der Waals surface area contributed by atoms with Crippen molar-refractivity contribution in [2.75, 3.05) is 19.0 Å². The van der Waals surface area contributed by atoms with Gasteiger partial charge in [0, 0.05) is 11.0 Å². The average Bonchev–Trinajstić information content (AvgIpc) is 3.22. The van der Waals surface area contributed by atoms with Gasteiger partial charge in [-0.3, -0.25) is 9.35 Å². The number of thioether (sulfide) groups is 2. The first-order valence-electron chi connectivity index (χ1n) is 11.4. The maximum atomic E-state index is 13.6. The van der Waals surface area contributed by atoms with Crippen LogP contribution in [0.2, 0.25) is 0 Å². The predicted octanol–water partition coefficient (Wildman–Crippen LogP) is 4.76. The van der Waals surface area contributed by atoms with Crippen molar-refractivity contribution in [2.45, 2.75) is 64.7 Å². The Labute approximate surface area is 224 Å². The van der Waals surface area contributed by atoms with E-state index in [1.807, 2.05) is 0 Å². The second-order valence-electron chi connectivity index (χ2n) is 10.3. The van der Waals surface area contributed by atoms with Crippen LogP contribution < -0.4 is 0 Å². The van der Waals surface area contributed by atoms with Crippen molar-refractivity contribution in [3.8, 4) is 0 Å². The van der Waals surface area contributed by atoms with Crippen LogP contribution in [0.1, 0.15) is 32.1 Å². The van der Waals surface area contributed by atoms with E-state index in [0.717, 1.165) is 0 Å². The summed E-state index contributed by atoms with van der Waals surface area (Å²) >= 11 is 2.55. The van der Waals surface area contributed by atoms with Crippen LogP contribution in [0.15, 0.2) is 0 Å². The number of alkyl halides is 9. The summed E-state index contributed by atoms with van der Waals surface area (Å²) in [6, 6.07) is 0. The summed E-state index contributed by atoms with van der Waals surface area (Å²) in [4.78, 5) is 24.4. The number of hydrogen-bond donors (Lipinski definition) is 1. The van der Waals surface area contributed by atoms with Crippen LogP contribution in [0.25, 0.3) is 0 Å². The lowest BCUT2D eigenvalue weighted by Crippen LogP contribution is -2.60. The van der Waals surface area contributed by atoms with Gasteiger partial charge in [0.1, 0.15) is 6.61 Å². The summed E-state index contributed by atoms with van der Waals surface area (Å²) in [5, 5.41) is -5.43. The van der Waals surface area contributed by atoms with Crippen LogP contribution in [0, 0.1) is 23.2 Å². The highest BCUT2D eigenvalue weighted by Gasteiger charge is 2.77. The van der Waals surface area contributed by atoms with Crippen LogP contribution in [-0.2, 0) is 29.2 Å². The molecule has 5 fully saturated rings. The highest BCUT2D eigenvalue weighted by Crippen LogP contribution is 2.73. The Morgan fingerprint density at radius 2 is 1.49 bits per heavy atom. The fraction of sp³-hybridized carbons (Fsp3) is 0.900. The summed E-state index contributed by atoms with van der Waals surface area (Å²) in [7, 11) is -5.81. The van der Waals surface area contributed by atoms with Gasteiger partial charge >= 0.3 is 45.3 Å². The molecule has 1 spiro atoms. The quantitative estimate of drug-likeness (QED) is 0.229.